The van der Waals surface area contributed by atoms with Crippen molar-refractivity contribution in [2.45, 2.75) is 19.8 Å². The highest BCUT2D eigenvalue weighted by Crippen LogP contribution is 2.36. The molecule has 0 aliphatic carbocycles. The zero-order chi connectivity index (χ0) is 19.0. The topological polar surface area (TPSA) is 28.2 Å². The molecular formula is C24H25N3. The average molecular weight is 355 g/mol. The maximum absolute atomic E-state index is 4.99. The third-order valence-corrected chi connectivity index (χ3v) is 5.02. The molecule has 3 nitrogen and oxygen atoms in total. The Labute approximate surface area is 160 Å². The fourth-order valence-corrected chi connectivity index (χ4v) is 3.52. The summed E-state index contributed by atoms with van der Waals surface area (Å²) in [5, 5.41) is 5.97. The molecule has 136 valence electrons. The van der Waals surface area contributed by atoms with Gasteiger partial charge in [0.1, 0.15) is 0 Å². The third kappa shape index (κ3) is 3.21. The van der Waals surface area contributed by atoms with E-state index in [0.717, 1.165) is 33.2 Å². The molecular weight excluding hydrogens is 330 g/mol. The number of aromatic nitrogens is 1. The van der Waals surface area contributed by atoms with E-state index in [9.17, 15) is 0 Å². The first-order valence-corrected chi connectivity index (χ1v) is 9.40. The Balaban J connectivity index is 1.92. The van der Waals surface area contributed by atoms with Crippen molar-refractivity contribution in [1.29, 1.82) is 0 Å². The molecule has 27 heavy (non-hydrogen) atoms. The lowest BCUT2D eigenvalue weighted by Gasteiger charge is -2.17. The van der Waals surface area contributed by atoms with Crippen LogP contribution >= 0.6 is 0 Å². The van der Waals surface area contributed by atoms with Gasteiger partial charge in [-0.3, -0.25) is 0 Å². The second kappa shape index (κ2) is 6.92. The van der Waals surface area contributed by atoms with Crippen LogP contribution in [0.3, 0.4) is 0 Å². The van der Waals surface area contributed by atoms with Gasteiger partial charge in [0.05, 0.1) is 16.7 Å². The smallest absolute Gasteiger partial charge is 0.0765 e. The van der Waals surface area contributed by atoms with Crippen LogP contribution in [0.4, 0.5) is 17.1 Å². The Kier molecular flexibility index (Phi) is 4.44. The van der Waals surface area contributed by atoms with Crippen LogP contribution in [0.5, 0.6) is 0 Å². The van der Waals surface area contributed by atoms with E-state index in [1.54, 1.807) is 0 Å². The zero-order valence-corrected chi connectivity index (χ0v) is 16.3. The van der Waals surface area contributed by atoms with Gasteiger partial charge < -0.3 is 10.2 Å². The van der Waals surface area contributed by atoms with Crippen LogP contribution < -0.4 is 10.2 Å². The van der Waals surface area contributed by atoms with Crippen molar-refractivity contribution in [3.05, 3.63) is 72.3 Å². The quantitative estimate of drug-likeness (QED) is 0.434. The zero-order valence-electron chi connectivity index (χ0n) is 16.3. The normalized spacial score (nSPS) is 11.3. The van der Waals surface area contributed by atoms with E-state index < -0.39 is 0 Å². The summed E-state index contributed by atoms with van der Waals surface area (Å²) in [4.78, 5) is 7.10. The van der Waals surface area contributed by atoms with Crippen LogP contribution in [0.2, 0.25) is 0 Å². The minimum Gasteiger partial charge on any atom is -0.378 e. The molecule has 0 saturated carbocycles. The fourth-order valence-electron chi connectivity index (χ4n) is 3.52. The molecule has 0 aliphatic heterocycles. The van der Waals surface area contributed by atoms with Gasteiger partial charge in [0.2, 0.25) is 0 Å². The first kappa shape index (κ1) is 17.3. The number of pyridine rings is 1. The number of fused-ring (bicyclic) bond motifs is 2. The minimum absolute atomic E-state index is 0.426. The van der Waals surface area contributed by atoms with Crippen molar-refractivity contribution in [3.8, 4) is 0 Å². The third-order valence-electron chi connectivity index (χ3n) is 5.02. The molecule has 0 amide bonds. The van der Waals surface area contributed by atoms with E-state index in [1.165, 1.54) is 11.3 Å². The summed E-state index contributed by atoms with van der Waals surface area (Å²) < 4.78 is 0. The van der Waals surface area contributed by atoms with Crippen molar-refractivity contribution in [3.63, 3.8) is 0 Å². The molecule has 0 atom stereocenters. The van der Waals surface area contributed by atoms with Crippen molar-refractivity contribution < 1.29 is 0 Å². The van der Waals surface area contributed by atoms with Gasteiger partial charge in [-0.05, 0) is 41.8 Å². The summed E-state index contributed by atoms with van der Waals surface area (Å²) >= 11 is 0. The predicted octanol–water partition coefficient (Wildman–Crippen LogP) is 6.32. The number of benzene rings is 3. The van der Waals surface area contributed by atoms with Crippen LogP contribution in [0, 0.1) is 0 Å². The van der Waals surface area contributed by atoms with E-state index in [4.69, 9.17) is 4.98 Å². The summed E-state index contributed by atoms with van der Waals surface area (Å²) in [6.45, 7) is 4.44. The van der Waals surface area contributed by atoms with E-state index >= 15 is 0 Å². The molecule has 4 aromatic rings. The van der Waals surface area contributed by atoms with Gasteiger partial charge in [0.25, 0.3) is 0 Å². The molecule has 0 fully saturated rings. The lowest BCUT2D eigenvalue weighted by molar-refractivity contribution is 0.873. The number of nitrogens with one attached hydrogen (secondary N) is 1. The highest BCUT2D eigenvalue weighted by atomic mass is 15.1. The van der Waals surface area contributed by atoms with Crippen LogP contribution in [-0.4, -0.2) is 19.1 Å². The van der Waals surface area contributed by atoms with Crippen molar-refractivity contribution >= 4 is 38.9 Å². The Morgan fingerprint density at radius 1 is 0.815 bits per heavy atom. The molecule has 1 aromatic heterocycles. The molecule has 0 saturated heterocycles. The molecule has 4 rings (SSSR count). The molecule has 0 radical (unpaired) electrons. The summed E-state index contributed by atoms with van der Waals surface area (Å²) in [5.41, 5.74) is 6.77. The van der Waals surface area contributed by atoms with Gasteiger partial charge in [0, 0.05) is 36.2 Å². The van der Waals surface area contributed by atoms with E-state index in [0.29, 0.717) is 5.92 Å². The maximum Gasteiger partial charge on any atom is 0.0765 e. The number of rotatable bonds is 4. The SMILES string of the molecule is CC(C)c1cccc2c(Nc3ccc(N(C)C)cc3)c3ccccc3nc12. The predicted molar refractivity (Wildman–Crippen MR) is 117 cm³/mol. The largest absolute Gasteiger partial charge is 0.378 e. The second-order valence-corrected chi connectivity index (χ2v) is 7.47. The number of hydrogen-bond acceptors (Lipinski definition) is 3. The molecule has 3 aromatic carbocycles. The van der Waals surface area contributed by atoms with Crippen LogP contribution in [0.15, 0.2) is 66.7 Å². The van der Waals surface area contributed by atoms with E-state index in [2.05, 4.69) is 105 Å². The Morgan fingerprint density at radius 3 is 2.22 bits per heavy atom. The number of nitrogens with zero attached hydrogens (tertiary/aromatic N) is 2. The first-order chi connectivity index (χ1) is 13.0. The standard InChI is InChI=1S/C24H25N3/c1-16(2)19-9-7-10-21-23(19)26-22-11-6-5-8-20(22)24(21)25-17-12-14-18(15-13-17)27(3)4/h5-16H,1-4H3,(H,25,26). The number of para-hydroxylation sites is 2. The minimum atomic E-state index is 0.426. The number of anilines is 3. The highest BCUT2D eigenvalue weighted by Gasteiger charge is 2.13. The van der Waals surface area contributed by atoms with E-state index in [1.807, 2.05) is 0 Å². The molecule has 3 heteroatoms. The van der Waals surface area contributed by atoms with Gasteiger partial charge in [-0.15, -0.1) is 0 Å². The molecule has 0 bridgehead atoms. The van der Waals surface area contributed by atoms with Crippen LogP contribution in [-0.2, 0) is 0 Å². The van der Waals surface area contributed by atoms with Crippen molar-refractivity contribution in [2.75, 3.05) is 24.3 Å². The molecule has 0 aliphatic rings. The maximum atomic E-state index is 4.99. The molecule has 0 spiro atoms. The van der Waals surface area contributed by atoms with Gasteiger partial charge in [-0.2, -0.15) is 0 Å². The first-order valence-electron chi connectivity index (χ1n) is 9.40. The Bertz CT molecular complexity index is 1100. The van der Waals surface area contributed by atoms with Gasteiger partial charge >= 0.3 is 0 Å². The highest BCUT2D eigenvalue weighted by molar-refractivity contribution is 6.09. The molecule has 0 unspecified atom stereocenters. The van der Waals surface area contributed by atoms with Gasteiger partial charge in [-0.25, -0.2) is 4.98 Å². The van der Waals surface area contributed by atoms with Gasteiger partial charge in [0.15, 0.2) is 0 Å². The summed E-state index contributed by atoms with van der Waals surface area (Å²) in [5.74, 6) is 0.426. The lowest BCUT2D eigenvalue weighted by atomic mass is 9.97. The molecule has 1 heterocycles. The summed E-state index contributed by atoms with van der Waals surface area (Å²) in [6, 6.07) is 23.4. The van der Waals surface area contributed by atoms with Crippen molar-refractivity contribution in [1.82, 2.24) is 4.98 Å². The van der Waals surface area contributed by atoms with Gasteiger partial charge in [-0.1, -0.05) is 50.2 Å². The number of hydrogen-bond donors (Lipinski definition) is 1. The van der Waals surface area contributed by atoms with E-state index in [-0.39, 0.29) is 0 Å². The Morgan fingerprint density at radius 2 is 1.52 bits per heavy atom. The fraction of sp³-hybridized carbons (Fsp3) is 0.208. The lowest BCUT2D eigenvalue weighted by Crippen LogP contribution is -2.08. The second-order valence-electron chi connectivity index (χ2n) is 7.47. The summed E-state index contributed by atoms with van der Waals surface area (Å²) in [7, 11) is 4.11. The monoisotopic (exact) mass is 355 g/mol. The summed E-state index contributed by atoms with van der Waals surface area (Å²) in [6.07, 6.45) is 0. The average Bonchev–Trinajstić information content (AvgIpc) is 2.67. The van der Waals surface area contributed by atoms with Crippen molar-refractivity contribution in [2.24, 2.45) is 0 Å². The van der Waals surface area contributed by atoms with Crippen LogP contribution in [0.1, 0.15) is 25.3 Å². The van der Waals surface area contributed by atoms with Crippen LogP contribution in [0.25, 0.3) is 21.8 Å². The Hall–Kier alpha value is -3.07. The molecule has 1 N–H and O–H groups in total.